The zero-order valence-corrected chi connectivity index (χ0v) is 12.0. The van der Waals surface area contributed by atoms with Crippen LogP contribution >= 0.6 is 0 Å². The van der Waals surface area contributed by atoms with E-state index in [2.05, 4.69) is 15.6 Å². The maximum absolute atomic E-state index is 12.6. The molecule has 120 valence electrons. The number of alkyl halides is 3. The topological polar surface area (TPSA) is 54.0 Å². The number of fused-ring (bicyclic) bond motifs is 2. The van der Waals surface area contributed by atoms with E-state index in [1.807, 2.05) is 0 Å². The summed E-state index contributed by atoms with van der Waals surface area (Å²) in [6.45, 7) is 0.0538. The van der Waals surface area contributed by atoms with Gasteiger partial charge in [-0.05, 0) is 48.8 Å². The molecular formula is C15H18F3N3O. The smallest absolute Gasteiger partial charge is 0.335 e. The fourth-order valence-electron chi connectivity index (χ4n) is 3.56. The maximum atomic E-state index is 12.6. The number of hydrogen-bond acceptors (Lipinski definition) is 2. The molecule has 0 radical (unpaired) electrons. The summed E-state index contributed by atoms with van der Waals surface area (Å²) in [5, 5.41) is 5.56. The molecule has 2 fully saturated rings. The summed E-state index contributed by atoms with van der Waals surface area (Å²) in [7, 11) is 0. The molecule has 3 atom stereocenters. The number of hydrogen-bond donors (Lipinski definition) is 2. The molecule has 2 N–H and O–H groups in total. The Balaban J connectivity index is 1.51. The van der Waals surface area contributed by atoms with Gasteiger partial charge in [0.1, 0.15) is 5.69 Å². The van der Waals surface area contributed by atoms with Crippen LogP contribution in [0.3, 0.4) is 0 Å². The lowest BCUT2D eigenvalue weighted by Gasteiger charge is -2.23. The lowest BCUT2D eigenvalue weighted by molar-refractivity contribution is -0.141. The molecule has 1 aromatic heterocycles. The summed E-state index contributed by atoms with van der Waals surface area (Å²) in [4.78, 5) is 15.2. The standard InChI is InChI=1S/C15H18F3N3O/c16-15(17,18)13-7-10(3-4-19-13)8-20-14(22)21-12-6-9-1-2-11(12)5-9/h3-4,7,9,11-12H,1-2,5-6,8H2,(H2,20,21,22)/t9-,11+,12+/m1/s1. The summed E-state index contributed by atoms with van der Waals surface area (Å²) < 4.78 is 37.7. The van der Waals surface area contributed by atoms with Crippen molar-refractivity contribution < 1.29 is 18.0 Å². The predicted octanol–water partition coefficient (Wildman–Crippen LogP) is 3.09. The number of carbonyl (C=O) groups is 1. The first-order valence-corrected chi connectivity index (χ1v) is 7.48. The normalized spacial score (nSPS) is 27.0. The van der Waals surface area contributed by atoms with Crippen LogP contribution in [0.25, 0.3) is 0 Å². The van der Waals surface area contributed by atoms with Crippen LogP contribution in [-0.4, -0.2) is 17.1 Å². The van der Waals surface area contributed by atoms with Crippen LogP contribution < -0.4 is 10.6 Å². The van der Waals surface area contributed by atoms with Crippen LogP contribution in [-0.2, 0) is 12.7 Å². The molecule has 7 heteroatoms. The van der Waals surface area contributed by atoms with Crippen molar-refractivity contribution in [3.63, 3.8) is 0 Å². The van der Waals surface area contributed by atoms with Crippen molar-refractivity contribution in [1.29, 1.82) is 0 Å². The van der Waals surface area contributed by atoms with Crippen LogP contribution in [0.5, 0.6) is 0 Å². The minimum atomic E-state index is -4.47. The molecular weight excluding hydrogens is 295 g/mol. The third kappa shape index (κ3) is 3.34. The number of amides is 2. The molecule has 2 aliphatic carbocycles. The molecule has 2 aliphatic rings. The Kier molecular flexibility index (Phi) is 3.97. The van der Waals surface area contributed by atoms with E-state index in [9.17, 15) is 18.0 Å². The first-order valence-electron chi connectivity index (χ1n) is 7.48. The third-order valence-electron chi connectivity index (χ3n) is 4.62. The van der Waals surface area contributed by atoms with Gasteiger partial charge in [0, 0.05) is 18.8 Å². The van der Waals surface area contributed by atoms with Gasteiger partial charge in [-0.3, -0.25) is 4.98 Å². The highest BCUT2D eigenvalue weighted by atomic mass is 19.4. The second-order valence-corrected chi connectivity index (χ2v) is 6.16. The van der Waals surface area contributed by atoms with E-state index in [1.54, 1.807) is 0 Å². The van der Waals surface area contributed by atoms with Crippen molar-refractivity contribution in [2.24, 2.45) is 11.8 Å². The van der Waals surface area contributed by atoms with Gasteiger partial charge in [-0.2, -0.15) is 13.2 Å². The highest BCUT2D eigenvalue weighted by Crippen LogP contribution is 2.44. The number of nitrogens with zero attached hydrogens (tertiary/aromatic N) is 1. The number of halogens is 3. The van der Waals surface area contributed by atoms with Crippen molar-refractivity contribution in [2.45, 2.75) is 44.4 Å². The molecule has 2 bridgehead atoms. The Morgan fingerprint density at radius 2 is 2.14 bits per heavy atom. The number of aromatic nitrogens is 1. The van der Waals surface area contributed by atoms with Crippen LogP contribution in [0.2, 0.25) is 0 Å². The van der Waals surface area contributed by atoms with Gasteiger partial charge in [-0.25, -0.2) is 4.79 Å². The van der Waals surface area contributed by atoms with Crippen LogP contribution in [0.4, 0.5) is 18.0 Å². The molecule has 0 aromatic carbocycles. The van der Waals surface area contributed by atoms with Crippen molar-refractivity contribution in [3.8, 4) is 0 Å². The first kappa shape index (κ1) is 15.1. The minimum absolute atomic E-state index is 0.0538. The van der Waals surface area contributed by atoms with Crippen molar-refractivity contribution in [2.75, 3.05) is 0 Å². The van der Waals surface area contributed by atoms with Gasteiger partial charge >= 0.3 is 12.2 Å². The van der Waals surface area contributed by atoms with E-state index in [0.717, 1.165) is 31.0 Å². The van der Waals surface area contributed by atoms with Gasteiger partial charge in [-0.1, -0.05) is 6.42 Å². The Hall–Kier alpha value is -1.79. The first-order chi connectivity index (χ1) is 10.4. The number of pyridine rings is 1. The second kappa shape index (κ2) is 5.78. The average Bonchev–Trinajstić information content (AvgIpc) is 3.07. The van der Waals surface area contributed by atoms with E-state index < -0.39 is 11.9 Å². The number of urea groups is 1. The highest BCUT2D eigenvalue weighted by Gasteiger charge is 2.40. The van der Waals surface area contributed by atoms with E-state index in [0.29, 0.717) is 11.5 Å². The molecule has 0 unspecified atom stereocenters. The number of rotatable bonds is 3. The zero-order chi connectivity index (χ0) is 15.7. The van der Waals surface area contributed by atoms with Gasteiger partial charge in [-0.15, -0.1) is 0 Å². The van der Waals surface area contributed by atoms with Crippen LogP contribution in [0.1, 0.15) is 36.9 Å². The van der Waals surface area contributed by atoms with Gasteiger partial charge in [0.25, 0.3) is 0 Å². The Labute approximate surface area is 126 Å². The molecule has 0 saturated heterocycles. The molecule has 0 aliphatic heterocycles. The second-order valence-electron chi connectivity index (χ2n) is 6.16. The van der Waals surface area contributed by atoms with E-state index >= 15 is 0 Å². The largest absolute Gasteiger partial charge is 0.433 e. The third-order valence-corrected chi connectivity index (χ3v) is 4.62. The quantitative estimate of drug-likeness (QED) is 0.901. The fourth-order valence-corrected chi connectivity index (χ4v) is 3.56. The predicted molar refractivity (Wildman–Crippen MR) is 73.8 cm³/mol. The average molecular weight is 313 g/mol. The minimum Gasteiger partial charge on any atom is -0.335 e. The van der Waals surface area contributed by atoms with Gasteiger partial charge < -0.3 is 10.6 Å². The fraction of sp³-hybridized carbons (Fsp3) is 0.600. The van der Waals surface area contributed by atoms with Gasteiger partial charge in [0.15, 0.2) is 0 Å². The van der Waals surface area contributed by atoms with Crippen molar-refractivity contribution >= 4 is 6.03 Å². The molecule has 2 amide bonds. The van der Waals surface area contributed by atoms with Gasteiger partial charge in [0.05, 0.1) is 0 Å². The number of carbonyl (C=O) groups excluding carboxylic acids is 1. The number of nitrogens with one attached hydrogen (secondary N) is 2. The maximum Gasteiger partial charge on any atom is 0.433 e. The van der Waals surface area contributed by atoms with Crippen molar-refractivity contribution in [3.05, 3.63) is 29.6 Å². The summed E-state index contributed by atoms with van der Waals surface area (Å²) in [6.07, 6.45) is 1.25. The molecule has 22 heavy (non-hydrogen) atoms. The molecule has 4 nitrogen and oxygen atoms in total. The summed E-state index contributed by atoms with van der Waals surface area (Å²) in [5.74, 6) is 1.29. The molecule has 1 aromatic rings. The lowest BCUT2D eigenvalue weighted by Crippen LogP contribution is -2.44. The van der Waals surface area contributed by atoms with Crippen LogP contribution in [0.15, 0.2) is 18.3 Å². The Morgan fingerprint density at radius 1 is 1.32 bits per heavy atom. The Morgan fingerprint density at radius 3 is 2.77 bits per heavy atom. The lowest BCUT2D eigenvalue weighted by atomic mass is 9.95. The van der Waals surface area contributed by atoms with Gasteiger partial charge in [0.2, 0.25) is 0 Å². The molecule has 0 spiro atoms. The van der Waals surface area contributed by atoms with E-state index in [1.165, 1.54) is 18.9 Å². The highest BCUT2D eigenvalue weighted by molar-refractivity contribution is 5.74. The molecule has 1 heterocycles. The summed E-state index contributed by atoms with van der Waals surface area (Å²) in [5.41, 5.74) is -0.564. The summed E-state index contributed by atoms with van der Waals surface area (Å²) >= 11 is 0. The summed E-state index contributed by atoms with van der Waals surface area (Å²) in [6, 6.07) is 2.31. The molecule has 2 saturated carbocycles. The SMILES string of the molecule is O=C(NCc1ccnc(C(F)(F)F)c1)N[C@H]1C[C@@H]2CC[C@H]1C2. The van der Waals surface area contributed by atoms with Crippen molar-refractivity contribution in [1.82, 2.24) is 15.6 Å². The molecule has 3 rings (SSSR count). The van der Waals surface area contributed by atoms with E-state index in [-0.39, 0.29) is 18.6 Å². The monoisotopic (exact) mass is 313 g/mol. The Bertz CT molecular complexity index is 561. The van der Waals surface area contributed by atoms with E-state index in [4.69, 9.17) is 0 Å². The zero-order valence-electron chi connectivity index (χ0n) is 12.0. The van der Waals surface area contributed by atoms with Crippen LogP contribution in [0, 0.1) is 11.8 Å².